The molecule has 7 nitrogen and oxygen atoms in total. The van der Waals surface area contributed by atoms with E-state index in [1.54, 1.807) is 7.11 Å². The molecule has 0 aliphatic heterocycles. The van der Waals surface area contributed by atoms with Crippen LogP contribution in [-0.4, -0.2) is 27.6 Å². The van der Waals surface area contributed by atoms with Gasteiger partial charge in [-0.3, -0.25) is 4.79 Å². The van der Waals surface area contributed by atoms with Crippen molar-refractivity contribution in [2.75, 3.05) is 18.2 Å². The molecule has 3 aromatic rings. The molecule has 28 heavy (non-hydrogen) atoms. The second kappa shape index (κ2) is 6.91. The van der Waals surface area contributed by atoms with E-state index >= 15 is 0 Å². The zero-order valence-electron chi connectivity index (χ0n) is 16.5. The number of anilines is 2. The van der Waals surface area contributed by atoms with Crippen LogP contribution in [0.3, 0.4) is 0 Å². The molecule has 3 N–H and O–H groups in total. The highest BCUT2D eigenvalue weighted by Crippen LogP contribution is 2.47. The molecule has 0 saturated heterocycles. The van der Waals surface area contributed by atoms with Crippen molar-refractivity contribution in [3.63, 3.8) is 0 Å². The van der Waals surface area contributed by atoms with Crippen molar-refractivity contribution in [2.45, 2.75) is 45.3 Å². The molecular weight excluding hydrogens is 354 g/mol. The summed E-state index contributed by atoms with van der Waals surface area (Å²) in [6.07, 6.45) is 4.31. The number of carbonyl (C=O) groups excluding carboxylic acids is 1. The van der Waals surface area contributed by atoms with Gasteiger partial charge in [0.15, 0.2) is 0 Å². The molecule has 2 heterocycles. The Morgan fingerprint density at radius 3 is 2.61 bits per heavy atom. The lowest BCUT2D eigenvalue weighted by molar-refractivity contribution is 0.102. The summed E-state index contributed by atoms with van der Waals surface area (Å²) in [5.74, 6) is 0.147. The molecule has 0 unspecified atom stereocenters. The first-order valence-electron chi connectivity index (χ1n) is 9.52. The van der Waals surface area contributed by atoms with Crippen molar-refractivity contribution in [3.8, 4) is 0 Å². The van der Waals surface area contributed by atoms with Crippen LogP contribution in [0.4, 0.5) is 11.5 Å². The van der Waals surface area contributed by atoms with E-state index in [4.69, 9.17) is 10.5 Å². The lowest BCUT2D eigenvalue weighted by Gasteiger charge is -2.17. The average molecular weight is 379 g/mol. The van der Waals surface area contributed by atoms with Crippen LogP contribution in [0.2, 0.25) is 0 Å². The van der Waals surface area contributed by atoms with Gasteiger partial charge in [-0.25, -0.2) is 9.97 Å². The fourth-order valence-corrected chi connectivity index (χ4v) is 3.79. The Kier molecular flexibility index (Phi) is 4.55. The van der Waals surface area contributed by atoms with Crippen molar-refractivity contribution in [3.05, 3.63) is 47.4 Å². The van der Waals surface area contributed by atoms with Crippen molar-refractivity contribution in [1.29, 1.82) is 0 Å². The summed E-state index contributed by atoms with van der Waals surface area (Å²) in [5, 5.41) is 3.64. The quantitative estimate of drug-likeness (QED) is 0.684. The Morgan fingerprint density at radius 1 is 1.29 bits per heavy atom. The summed E-state index contributed by atoms with van der Waals surface area (Å²) in [6.45, 7) is 4.78. The maximum atomic E-state index is 13.3. The number of rotatable bonds is 6. The van der Waals surface area contributed by atoms with Gasteiger partial charge >= 0.3 is 0 Å². The molecule has 4 rings (SSSR count). The smallest absolute Gasteiger partial charge is 0.258 e. The first-order chi connectivity index (χ1) is 13.5. The van der Waals surface area contributed by atoms with Crippen LogP contribution in [0.5, 0.6) is 0 Å². The number of nitrogens with two attached hydrogens (primary N) is 1. The molecule has 1 aliphatic carbocycles. The van der Waals surface area contributed by atoms with Crippen molar-refractivity contribution >= 4 is 28.4 Å². The van der Waals surface area contributed by atoms with Gasteiger partial charge < -0.3 is 20.4 Å². The number of ether oxygens (including phenoxy) is 1. The van der Waals surface area contributed by atoms with E-state index in [-0.39, 0.29) is 11.4 Å². The number of nitrogens with zero attached hydrogens (tertiary/aromatic N) is 3. The van der Waals surface area contributed by atoms with E-state index in [0.717, 1.165) is 35.4 Å². The van der Waals surface area contributed by atoms with Gasteiger partial charge in [-0.15, -0.1) is 0 Å². The van der Waals surface area contributed by atoms with Gasteiger partial charge in [0.25, 0.3) is 5.91 Å². The molecular formula is C21H25N5O2. The van der Waals surface area contributed by atoms with E-state index in [2.05, 4.69) is 33.7 Å². The third-order valence-corrected chi connectivity index (χ3v) is 5.48. The minimum absolute atomic E-state index is 0.00921. The molecule has 1 amide bonds. The predicted molar refractivity (Wildman–Crippen MR) is 109 cm³/mol. The number of aromatic nitrogens is 3. The summed E-state index contributed by atoms with van der Waals surface area (Å²) < 4.78 is 7.32. The second-order valence-corrected chi connectivity index (χ2v) is 7.55. The van der Waals surface area contributed by atoms with Crippen molar-refractivity contribution in [1.82, 2.24) is 14.5 Å². The van der Waals surface area contributed by atoms with Gasteiger partial charge in [-0.1, -0.05) is 19.1 Å². The fourth-order valence-electron chi connectivity index (χ4n) is 3.79. The molecule has 0 spiro atoms. The average Bonchev–Trinajstić information content (AvgIpc) is 3.31. The minimum Gasteiger partial charge on any atom is -0.383 e. The molecule has 146 valence electrons. The summed E-state index contributed by atoms with van der Waals surface area (Å²) >= 11 is 0. The fraction of sp³-hybridized carbons (Fsp3) is 0.381. The zero-order chi connectivity index (χ0) is 19.9. The largest absolute Gasteiger partial charge is 0.383 e. The SMILES string of the molecule is CCc1c(C(=O)Nc2ccc(COC)cc2)c2c(N)ncnc2n1C1(C)CC1. The van der Waals surface area contributed by atoms with Gasteiger partial charge in [-0.05, 0) is 43.9 Å². The number of methoxy groups -OCH3 is 1. The van der Waals surface area contributed by atoms with Crippen LogP contribution in [0.15, 0.2) is 30.6 Å². The number of carbonyl (C=O) groups is 1. The van der Waals surface area contributed by atoms with E-state index in [1.807, 2.05) is 24.3 Å². The predicted octanol–water partition coefficient (Wildman–Crippen LogP) is 3.48. The Hall–Kier alpha value is -2.93. The van der Waals surface area contributed by atoms with Gasteiger partial charge in [0.1, 0.15) is 17.8 Å². The zero-order valence-corrected chi connectivity index (χ0v) is 16.5. The standard InChI is InChI=1S/C21H25N5O2/c1-4-15-16(20(27)25-14-7-5-13(6-8-14)11-28-3)17-18(22)23-12-24-19(17)26(15)21(2)9-10-21/h5-8,12H,4,9-11H2,1-3H3,(H,25,27)(H2,22,23,24). The lowest BCUT2D eigenvalue weighted by atomic mass is 10.1. The van der Waals surface area contributed by atoms with Gasteiger partial charge in [0.05, 0.1) is 17.6 Å². The van der Waals surface area contributed by atoms with E-state index < -0.39 is 0 Å². The van der Waals surface area contributed by atoms with Crippen LogP contribution >= 0.6 is 0 Å². The molecule has 1 aliphatic rings. The number of fused-ring (bicyclic) bond motifs is 1. The second-order valence-electron chi connectivity index (χ2n) is 7.55. The molecule has 0 bridgehead atoms. The third-order valence-electron chi connectivity index (χ3n) is 5.48. The maximum absolute atomic E-state index is 13.3. The van der Waals surface area contributed by atoms with Gasteiger partial charge in [0, 0.05) is 24.0 Å². The Morgan fingerprint density at radius 2 is 2.00 bits per heavy atom. The number of hydrogen-bond donors (Lipinski definition) is 2. The highest BCUT2D eigenvalue weighted by molar-refractivity contribution is 6.16. The maximum Gasteiger partial charge on any atom is 0.258 e. The summed E-state index contributed by atoms with van der Waals surface area (Å²) in [7, 11) is 1.66. The third kappa shape index (κ3) is 3.01. The lowest BCUT2D eigenvalue weighted by Crippen LogP contribution is -2.19. The topological polar surface area (TPSA) is 95.1 Å². The number of benzene rings is 1. The Labute approximate surface area is 163 Å². The summed E-state index contributed by atoms with van der Waals surface area (Å²) in [5.41, 5.74) is 10.2. The van der Waals surface area contributed by atoms with Crippen LogP contribution in [0.25, 0.3) is 11.0 Å². The first kappa shape index (κ1) is 18.4. The number of hydrogen-bond acceptors (Lipinski definition) is 5. The number of nitrogens with one attached hydrogen (secondary N) is 1. The molecule has 1 aromatic carbocycles. The van der Waals surface area contributed by atoms with Crippen LogP contribution in [0, 0.1) is 0 Å². The van der Waals surface area contributed by atoms with Crippen LogP contribution in [-0.2, 0) is 23.3 Å². The van der Waals surface area contributed by atoms with Crippen LogP contribution in [0.1, 0.15) is 48.3 Å². The normalized spacial score (nSPS) is 15.0. The van der Waals surface area contributed by atoms with Crippen molar-refractivity contribution < 1.29 is 9.53 Å². The summed E-state index contributed by atoms with van der Waals surface area (Å²) in [6, 6.07) is 7.62. The Balaban J connectivity index is 1.78. The van der Waals surface area contributed by atoms with E-state index in [9.17, 15) is 4.79 Å². The minimum atomic E-state index is -0.189. The van der Waals surface area contributed by atoms with E-state index in [0.29, 0.717) is 29.8 Å². The van der Waals surface area contributed by atoms with Gasteiger partial charge in [0.2, 0.25) is 0 Å². The number of nitrogen functional groups attached to an aromatic ring is 1. The Bertz CT molecular complexity index is 1040. The molecule has 2 aromatic heterocycles. The van der Waals surface area contributed by atoms with E-state index in [1.165, 1.54) is 6.33 Å². The molecule has 7 heteroatoms. The van der Waals surface area contributed by atoms with Crippen molar-refractivity contribution in [2.24, 2.45) is 0 Å². The number of amides is 1. The molecule has 0 radical (unpaired) electrons. The molecule has 1 fully saturated rings. The van der Waals surface area contributed by atoms with Gasteiger partial charge in [-0.2, -0.15) is 0 Å². The highest BCUT2D eigenvalue weighted by atomic mass is 16.5. The van der Waals surface area contributed by atoms with Crippen LogP contribution < -0.4 is 11.1 Å². The first-order valence-corrected chi connectivity index (χ1v) is 9.52. The highest BCUT2D eigenvalue weighted by Gasteiger charge is 2.43. The molecule has 0 atom stereocenters. The summed E-state index contributed by atoms with van der Waals surface area (Å²) in [4.78, 5) is 21.9. The monoisotopic (exact) mass is 379 g/mol. The molecule has 1 saturated carbocycles.